The van der Waals surface area contributed by atoms with Crippen LogP contribution in [0.2, 0.25) is 6.32 Å². The summed E-state index contributed by atoms with van der Waals surface area (Å²) >= 11 is 5.97. The molecule has 1 aliphatic rings. The lowest BCUT2D eigenvalue weighted by Crippen LogP contribution is -2.14. The van der Waals surface area contributed by atoms with E-state index in [1.165, 1.54) is 0 Å². The van der Waals surface area contributed by atoms with Crippen LogP contribution in [0.1, 0.15) is 19.8 Å². The second kappa shape index (κ2) is 3.62. The van der Waals surface area contributed by atoms with Crippen molar-refractivity contribution in [3.8, 4) is 0 Å². The van der Waals surface area contributed by atoms with Crippen molar-refractivity contribution in [2.45, 2.75) is 31.5 Å². The molecule has 0 saturated heterocycles. The molecule has 1 aliphatic carbocycles. The summed E-state index contributed by atoms with van der Waals surface area (Å²) < 4.78 is 0. The molecule has 0 N–H and O–H groups in total. The quantitative estimate of drug-likeness (QED) is 0.453. The van der Waals surface area contributed by atoms with E-state index < -0.39 is 0 Å². The van der Waals surface area contributed by atoms with E-state index in [2.05, 4.69) is 14.8 Å². The van der Waals surface area contributed by atoms with E-state index >= 15 is 0 Å². The molecule has 0 aromatic heterocycles. The third-order valence-corrected chi connectivity index (χ3v) is 3.17. The van der Waals surface area contributed by atoms with Gasteiger partial charge in [-0.05, 0) is 5.92 Å². The summed E-state index contributed by atoms with van der Waals surface area (Å²) in [6.45, 7) is 2.09. The highest BCUT2D eigenvalue weighted by molar-refractivity contribution is 6.23. The van der Waals surface area contributed by atoms with E-state index in [1.54, 1.807) is 0 Å². The van der Waals surface area contributed by atoms with Crippen LogP contribution in [-0.4, -0.2) is 19.0 Å². The number of halogens is 1. The molecule has 1 saturated carbocycles. The van der Waals surface area contributed by atoms with Crippen molar-refractivity contribution in [3.05, 3.63) is 0 Å². The van der Waals surface area contributed by atoms with E-state index in [-0.39, 0.29) is 11.3 Å². The molecule has 3 atom stereocenters. The Bertz CT molecular complexity index is 160. The summed E-state index contributed by atoms with van der Waals surface area (Å²) in [5.41, 5.74) is 0. The van der Waals surface area contributed by atoms with Gasteiger partial charge in [-0.25, -0.2) is 0 Å². The minimum Gasteiger partial charge on any atom is -0.299 e. The van der Waals surface area contributed by atoms with Crippen LogP contribution >= 0.6 is 11.6 Å². The van der Waals surface area contributed by atoms with Crippen LogP contribution in [-0.2, 0) is 4.79 Å². The first-order valence-electron chi connectivity index (χ1n) is 4.33. The Kier molecular flexibility index (Phi) is 3.00. The van der Waals surface area contributed by atoms with Crippen molar-refractivity contribution in [1.82, 2.24) is 0 Å². The molecule has 0 spiro atoms. The number of rotatable bonds is 2. The number of ketones is 1. The molecule has 3 heteroatoms. The Morgan fingerprint density at radius 2 is 2.36 bits per heavy atom. The number of carbonyl (C=O) groups excluding carboxylic acids is 1. The minimum absolute atomic E-state index is 0.0963. The average molecular weight is 172 g/mol. The van der Waals surface area contributed by atoms with Gasteiger partial charge in [-0.2, -0.15) is 0 Å². The van der Waals surface area contributed by atoms with Gasteiger partial charge in [0.05, 0.1) is 0 Å². The highest BCUT2D eigenvalue weighted by Gasteiger charge is 2.37. The van der Waals surface area contributed by atoms with Gasteiger partial charge < -0.3 is 0 Å². The maximum atomic E-state index is 11.3. The molecular weight excluding hydrogens is 158 g/mol. The number of Topliss-reactive ketones (excluding diaryl/α,β-unsaturated/α-hetero) is 1. The maximum Gasteiger partial charge on any atom is 0.137 e. The molecule has 11 heavy (non-hydrogen) atoms. The first-order chi connectivity index (χ1) is 5.16. The normalized spacial score (nSPS) is 38.0. The first kappa shape index (κ1) is 9.12. The van der Waals surface area contributed by atoms with Crippen LogP contribution < -0.4 is 0 Å². The van der Waals surface area contributed by atoms with Gasteiger partial charge in [0.1, 0.15) is 13.6 Å². The predicted molar refractivity (Wildman–Crippen MR) is 49.9 cm³/mol. The lowest BCUT2D eigenvalue weighted by Gasteiger charge is -2.13. The van der Waals surface area contributed by atoms with Crippen molar-refractivity contribution in [3.63, 3.8) is 0 Å². The van der Waals surface area contributed by atoms with Gasteiger partial charge in [-0.1, -0.05) is 19.7 Å². The predicted octanol–water partition coefficient (Wildman–Crippen LogP) is 1.26. The fourth-order valence-electron chi connectivity index (χ4n) is 1.81. The van der Waals surface area contributed by atoms with Gasteiger partial charge in [0.2, 0.25) is 0 Å². The SMILES string of the molecule is BCCC1C(=O)CC(Cl)C1C. The maximum absolute atomic E-state index is 11.3. The van der Waals surface area contributed by atoms with E-state index in [0.717, 1.165) is 12.7 Å². The zero-order valence-corrected chi connectivity index (χ0v) is 7.90. The largest absolute Gasteiger partial charge is 0.299 e. The van der Waals surface area contributed by atoms with Crippen LogP contribution in [0.3, 0.4) is 0 Å². The summed E-state index contributed by atoms with van der Waals surface area (Å²) in [5, 5.41) is 0.0963. The van der Waals surface area contributed by atoms with Crippen LogP contribution in [0.15, 0.2) is 0 Å². The molecule has 1 fully saturated rings. The Balaban J connectivity index is 2.56. The monoisotopic (exact) mass is 172 g/mol. The fourth-order valence-corrected chi connectivity index (χ4v) is 2.14. The third-order valence-electron chi connectivity index (χ3n) is 2.61. The number of hydrogen-bond donors (Lipinski definition) is 0. The molecule has 62 valence electrons. The second-order valence-corrected chi connectivity index (χ2v) is 4.00. The summed E-state index contributed by atoms with van der Waals surface area (Å²) in [4.78, 5) is 11.3. The molecule has 0 amide bonds. The topological polar surface area (TPSA) is 17.1 Å². The van der Waals surface area contributed by atoms with Crippen LogP contribution in [0.25, 0.3) is 0 Å². The molecule has 1 rings (SSSR count). The molecule has 0 radical (unpaired) electrons. The van der Waals surface area contributed by atoms with Crippen molar-refractivity contribution in [2.75, 3.05) is 0 Å². The van der Waals surface area contributed by atoms with Crippen molar-refractivity contribution >= 4 is 25.2 Å². The number of hydrogen-bond acceptors (Lipinski definition) is 1. The Morgan fingerprint density at radius 3 is 2.73 bits per heavy atom. The number of carbonyl (C=O) groups is 1. The van der Waals surface area contributed by atoms with E-state index in [1.807, 2.05) is 0 Å². The van der Waals surface area contributed by atoms with Crippen molar-refractivity contribution in [2.24, 2.45) is 11.8 Å². The Morgan fingerprint density at radius 1 is 1.73 bits per heavy atom. The highest BCUT2D eigenvalue weighted by Crippen LogP contribution is 2.35. The standard InChI is InChI=1S/C8H14BClO/c1-5-6(2-3-9)8(11)4-7(5)10/h5-7H,2-4,9H2,1H3. The summed E-state index contributed by atoms with van der Waals surface area (Å²) in [5.74, 6) is 1.02. The van der Waals surface area contributed by atoms with Gasteiger partial charge in [0.25, 0.3) is 0 Å². The van der Waals surface area contributed by atoms with Crippen LogP contribution in [0.5, 0.6) is 0 Å². The van der Waals surface area contributed by atoms with Crippen LogP contribution in [0.4, 0.5) is 0 Å². The lowest BCUT2D eigenvalue weighted by atomic mass is 9.87. The molecule has 0 aliphatic heterocycles. The molecule has 0 bridgehead atoms. The zero-order chi connectivity index (χ0) is 8.43. The minimum atomic E-state index is 0.0963. The van der Waals surface area contributed by atoms with Crippen LogP contribution in [0, 0.1) is 11.8 Å². The summed E-state index contributed by atoms with van der Waals surface area (Å²) in [7, 11) is 2.11. The Hall–Kier alpha value is 0.0249. The van der Waals surface area contributed by atoms with Gasteiger partial charge >= 0.3 is 0 Å². The van der Waals surface area contributed by atoms with Gasteiger partial charge in [-0.3, -0.25) is 4.79 Å². The lowest BCUT2D eigenvalue weighted by molar-refractivity contribution is -0.121. The van der Waals surface area contributed by atoms with Crippen molar-refractivity contribution < 1.29 is 4.79 Å². The molecule has 0 aromatic carbocycles. The second-order valence-electron chi connectivity index (χ2n) is 3.44. The zero-order valence-electron chi connectivity index (χ0n) is 7.14. The third kappa shape index (κ3) is 1.78. The highest BCUT2D eigenvalue weighted by atomic mass is 35.5. The van der Waals surface area contributed by atoms with Gasteiger partial charge in [-0.15, -0.1) is 11.6 Å². The molecule has 3 unspecified atom stereocenters. The fraction of sp³-hybridized carbons (Fsp3) is 0.875. The summed E-state index contributed by atoms with van der Waals surface area (Å²) in [6.07, 6.45) is 2.70. The van der Waals surface area contributed by atoms with E-state index in [9.17, 15) is 4.79 Å². The average Bonchev–Trinajstić information content (AvgIpc) is 2.17. The van der Waals surface area contributed by atoms with Crippen molar-refractivity contribution in [1.29, 1.82) is 0 Å². The smallest absolute Gasteiger partial charge is 0.137 e. The van der Waals surface area contributed by atoms with E-state index in [0.29, 0.717) is 18.1 Å². The molecular formula is C8H14BClO. The van der Waals surface area contributed by atoms with Gasteiger partial charge in [0, 0.05) is 17.7 Å². The molecule has 1 nitrogen and oxygen atoms in total. The molecule has 0 aromatic rings. The summed E-state index contributed by atoms with van der Waals surface area (Å²) in [6, 6.07) is 0. The molecule has 0 heterocycles. The number of alkyl halides is 1. The first-order valence-corrected chi connectivity index (χ1v) is 4.77. The van der Waals surface area contributed by atoms with Gasteiger partial charge in [0.15, 0.2) is 0 Å². The Labute approximate surface area is 73.9 Å². The van der Waals surface area contributed by atoms with E-state index in [4.69, 9.17) is 11.6 Å².